The van der Waals surface area contributed by atoms with Crippen molar-refractivity contribution in [3.63, 3.8) is 0 Å². The van der Waals surface area contributed by atoms with Crippen molar-refractivity contribution in [2.24, 2.45) is 5.92 Å². The normalized spacial score (nSPS) is 18.0. The van der Waals surface area contributed by atoms with Crippen molar-refractivity contribution in [3.8, 4) is 0 Å². The van der Waals surface area contributed by atoms with Crippen LogP contribution in [0.2, 0.25) is 0 Å². The Labute approximate surface area is 131 Å². The number of rotatable bonds is 4. The topological polar surface area (TPSA) is 101 Å². The lowest BCUT2D eigenvalue weighted by atomic mass is 9.97. The lowest BCUT2D eigenvalue weighted by molar-refractivity contribution is -0.387. The average molecular weight is 324 g/mol. The minimum Gasteiger partial charge on any atom is -0.481 e. The van der Waals surface area contributed by atoms with Crippen LogP contribution in [0.4, 0.5) is 5.69 Å². The third kappa shape index (κ3) is 3.38. The summed E-state index contributed by atoms with van der Waals surface area (Å²) in [5.41, 5.74) is 0.112. The highest BCUT2D eigenvalue weighted by atomic mass is 32.2. The van der Waals surface area contributed by atoms with Crippen molar-refractivity contribution in [1.82, 2.24) is 4.90 Å². The zero-order valence-electron chi connectivity index (χ0n) is 12.0. The Morgan fingerprint density at radius 1 is 1.45 bits per heavy atom. The molecule has 0 aromatic heterocycles. The number of carbonyl (C=O) groups is 2. The molecule has 1 aromatic carbocycles. The Kier molecular flexibility index (Phi) is 5.02. The van der Waals surface area contributed by atoms with Gasteiger partial charge in [-0.2, -0.15) is 0 Å². The van der Waals surface area contributed by atoms with Crippen LogP contribution in [-0.4, -0.2) is 46.2 Å². The number of hydrogen-bond donors (Lipinski definition) is 1. The summed E-state index contributed by atoms with van der Waals surface area (Å²) in [5, 5.41) is 20.1. The molecule has 1 N–H and O–H groups in total. The molecule has 0 saturated carbocycles. The van der Waals surface area contributed by atoms with Crippen molar-refractivity contribution >= 4 is 29.3 Å². The highest BCUT2D eigenvalue weighted by Crippen LogP contribution is 2.29. The molecule has 1 saturated heterocycles. The Bertz CT molecular complexity index is 619. The maximum atomic E-state index is 12.4. The van der Waals surface area contributed by atoms with E-state index in [4.69, 9.17) is 5.11 Å². The largest absolute Gasteiger partial charge is 0.481 e. The number of aliphatic carboxylic acids is 1. The van der Waals surface area contributed by atoms with Crippen LogP contribution in [0.25, 0.3) is 0 Å². The summed E-state index contributed by atoms with van der Waals surface area (Å²) in [4.78, 5) is 36.0. The molecule has 1 atom stereocenters. The van der Waals surface area contributed by atoms with Crippen LogP contribution in [0.3, 0.4) is 0 Å². The van der Waals surface area contributed by atoms with Crippen molar-refractivity contribution in [2.45, 2.75) is 17.7 Å². The number of amides is 1. The summed E-state index contributed by atoms with van der Waals surface area (Å²) in [6.07, 6.45) is 2.89. The summed E-state index contributed by atoms with van der Waals surface area (Å²) in [6.45, 7) is 0.618. The van der Waals surface area contributed by atoms with Gasteiger partial charge in [-0.3, -0.25) is 19.7 Å². The molecule has 0 unspecified atom stereocenters. The van der Waals surface area contributed by atoms with Gasteiger partial charge in [-0.25, -0.2) is 0 Å². The first-order chi connectivity index (χ1) is 10.4. The lowest BCUT2D eigenvalue weighted by Crippen LogP contribution is -2.42. The number of nitro benzene ring substituents is 1. The highest BCUT2D eigenvalue weighted by Gasteiger charge is 2.29. The van der Waals surface area contributed by atoms with Crippen LogP contribution >= 0.6 is 11.8 Å². The quantitative estimate of drug-likeness (QED) is 0.518. The van der Waals surface area contributed by atoms with Crippen molar-refractivity contribution in [2.75, 3.05) is 19.3 Å². The van der Waals surface area contributed by atoms with E-state index in [0.717, 1.165) is 0 Å². The van der Waals surface area contributed by atoms with Crippen LogP contribution in [0.5, 0.6) is 0 Å². The van der Waals surface area contributed by atoms with E-state index in [-0.39, 0.29) is 23.7 Å². The molecule has 0 radical (unpaired) electrons. The van der Waals surface area contributed by atoms with Crippen molar-refractivity contribution < 1.29 is 19.6 Å². The molecule has 1 amide bonds. The number of carbonyl (C=O) groups excluding carboxylic acids is 1. The molecule has 1 aromatic rings. The summed E-state index contributed by atoms with van der Waals surface area (Å²) in [5.74, 6) is -1.85. The van der Waals surface area contributed by atoms with E-state index in [1.165, 1.54) is 22.7 Å². The maximum absolute atomic E-state index is 12.4. The van der Waals surface area contributed by atoms with E-state index in [1.807, 2.05) is 0 Å². The van der Waals surface area contributed by atoms with Gasteiger partial charge < -0.3 is 10.0 Å². The number of nitro groups is 1. The van der Waals surface area contributed by atoms with Gasteiger partial charge in [0.1, 0.15) is 0 Å². The number of nitrogens with zero attached hydrogens (tertiary/aromatic N) is 2. The van der Waals surface area contributed by atoms with Gasteiger partial charge in [0.15, 0.2) is 0 Å². The van der Waals surface area contributed by atoms with Crippen LogP contribution in [0, 0.1) is 16.0 Å². The predicted molar refractivity (Wildman–Crippen MR) is 81.1 cm³/mol. The second-order valence-electron chi connectivity index (χ2n) is 5.07. The number of carboxylic acids is 1. The van der Waals surface area contributed by atoms with E-state index < -0.39 is 16.8 Å². The molecular formula is C14H16N2O5S. The van der Waals surface area contributed by atoms with E-state index in [0.29, 0.717) is 24.3 Å². The number of likely N-dealkylation sites (tertiary alicyclic amines) is 1. The second kappa shape index (κ2) is 6.78. The van der Waals surface area contributed by atoms with E-state index in [9.17, 15) is 19.7 Å². The first kappa shape index (κ1) is 16.3. The smallest absolute Gasteiger partial charge is 0.308 e. The molecule has 2 rings (SSSR count). The summed E-state index contributed by atoms with van der Waals surface area (Å²) in [7, 11) is 0. The van der Waals surface area contributed by atoms with Crippen LogP contribution < -0.4 is 0 Å². The number of carboxylic acid groups (broad SMARTS) is 1. The first-order valence-corrected chi connectivity index (χ1v) is 8.01. The standard InChI is InChI=1S/C14H16N2O5S/c1-22-12-5-4-9(7-11(12)16(20)21)13(17)15-6-2-3-10(8-15)14(18)19/h4-5,7,10H,2-3,6,8H2,1H3,(H,18,19)/t10-/m0/s1. The van der Waals surface area contributed by atoms with Gasteiger partial charge in [0.2, 0.25) is 0 Å². The second-order valence-corrected chi connectivity index (χ2v) is 5.92. The summed E-state index contributed by atoms with van der Waals surface area (Å²) >= 11 is 1.24. The molecule has 1 heterocycles. The monoisotopic (exact) mass is 324 g/mol. The van der Waals surface area contributed by atoms with Gasteiger partial charge in [-0.1, -0.05) is 0 Å². The fourth-order valence-electron chi connectivity index (χ4n) is 2.51. The van der Waals surface area contributed by atoms with Gasteiger partial charge in [-0.15, -0.1) is 11.8 Å². The fraction of sp³-hybridized carbons (Fsp3) is 0.429. The maximum Gasteiger partial charge on any atom is 0.308 e. The molecule has 118 valence electrons. The highest BCUT2D eigenvalue weighted by molar-refractivity contribution is 7.98. The first-order valence-electron chi connectivity index (χ1n) is 6.78. The van der Waals surface area contributed by atoms with E-state index in [1.54, 1.807) is 18.4 Å². The Morgan fingerprint density at radius 2 is 2.18 bits per heavy atom. The Hall–Kier alpha value is -2.09. The molecule has 1 aliphatic heterocycles. The number of benzene rings is 1. The molecule has 22 heavy (non-hydrogen) atoms. The SMILES string of the molecule is CSc1ccc(C(=O)N2CCC[C@H](C(=O)O)C2)cc1[N+](=O)[O-]. The molecular weight excluding hydrogens is 308 g/mol. The zero-order valence-corrected chi connectivity index (χ0v) is 12.8. The molecule has 1 fully saturated rings. The molecule has 1 aliphatic rings. The third-order valence-corrected chi connectivity index (χ3v) is 4.47. The predicted octanol–water partition coefficient (Wildman–Crippen LogP) is 2.25. The number of thioether (sulfide) groups is 1. The average Bonchev–Trinajstić information content (AvgIpc) is 2.53. The lowest BCUT2D eigenvalue weighted by Gasteiger charge is -2.30. The van der Waals surface area contributed by atoms with Gasteiger partial charge in [0, 0.05) is 24.7 Å². The number of piperidine rings is 1. The van der Waals surface area contributed by atoms with Crippen LogP contribution in [0.15, 0.2) is 23.1 Å². The minimum absolute atomic E-state index is 0.106. The zero-order chi connectivity index (χ0) is 16.3. The summed E-state index contributed by atoms with van der Waals surface area (Å²) in [6, 6.07) is 4.36. The molecule has 0 spiro atoms. The van der Waals surface area contributed by atoms with Crippen LogP contribution in [-0.2, 0) is 4.79 Å². The van der Waals surface area contributed by atoms with Crippen molar-refractivity contribution in [3.05, 3.63) is 33.9 Å². The Morgan fingerprint density at radius 3 is 2.77 bits per heavy atom. The Balaban J connectivity index is 2.24. The number of hydrogen-bond acceptors (Lipinski definition) is 5. The summed E-state index contributed by atoms with van der Waals surface area (Å²) < 4.78 is 0. The van der Waals surface area contributed by atoms with Gasteiger partial charge >= 0.3 is 5.97 Å². The molecule has 0 aliphatic carbocycles. The van der Waals surface area contributed by atoms with Gasteiger partial charge in [0.05, 0.1) is 15.7 Å². The third-order valence-electron chi connectivity index (χ3n) is 3.68. The molecule has 0 bridgehead atoms. The molecule has 8 heteroatoms. The van der Waals surface area contributed by atoms with Gasteiger partial charge in [0.25, 0.3) is 11.6 Å². The molecule has 7 nitrogen and oxygen atoms in total. The minimum atomic E-state index is -0.916. The van der Waals surface area contributed by atoms with E-state index >= 15 is 0 Å². The van der Waals surface area contributed by atoms with Crippen LogP contribution in [0.1, 0.15) is 23.2 Å². The van der Waals surface area contributed by atoms with E-state index in [2.05, 4.69) is 0 Å². The van der Waals surface area contributed by atoms with Gasteiger partial charge in [-0.05, 0) is 31.2 Å². The fourth-order valence-corrected chi connectivity index (χ4v) is 3.06. The van der Waals surface area contributed by atoms with Crippen molar-refractivity contribution in [1.29, 1.82) is 0 Å².